The lowest BCUT2D eigenvalue weighted by Gasteiger charge is -1.97. The molecule has 2 N–H and O–H groups in total. The quantitative estimate of drug-likeness (QED) is 0.743. The van der Waals surface area contributed by atoms with Gasteiger partial charge in [-0.05, 0) is 12.1 Å². The maximum absolute atomic E-state index is 11.8. The van der Waals surface area contributed by atoms with E-state index in [9.17, 15) is 13.2 Å². The molecular formula is C13H11N3O3S. The third kappa shape index (κ3) is 2.01. The smallest absolute Gasteiger partial charge is 0.192 e. The van der Waals surface area contributed by atoms with Crippen molar-refractivity contribution in [3.63, 3.8) is 0 Å². The molecular weight excluding hydrogens is 278 g/mol. The Bertz CT molecular complexity index is 954. The van der Waals surface area contributed by atoms with Gasteiger partial charge in [0.1, 0.15) is 11.3 Å². The molecule has 6 nitrogen and oxygen atoms in total. The number of benzene rings is 1. The number of rotatable bonds is 2. The average molecular weight is 289 g/mol. The highest BCUT2D eigenvalue weighted by Gasteiger charge is 2.16. The minimum atomic E-state index is -3.38. The van der Waals surface area contributed by atoms with E-state index in [0.29, 0.717) is 22.4 Å². The van der Waals surface area contributed by atoms with Crippen LogP contribution in [0.5, 0.6) is 0 Å². The van der Waals surface area contributed by atoms with E-state index in [1.165, 1.54) is 24.5 Å². The molecule has 2 aromatic heterocycles. The zero-order valence-electron chi connectivity index (χ0n) is 10.5. The summed E-state index contributed by atoms with van der Waals surface area (Å²) in [6, 6.07) is 6.24. The highest BCUT2D eigenvalue weighted by atomic mass is 32.2. The first-order chi connectivity index (χ1) is 9.47. The predicted octanol–water partition coefficient (Wildman–Crippen LogP) is 1.32. The molecule has 0 saturated heterocycles. The highest BCUT2D eigenvalue weighted by Crippen LogP contribution is 2.23. The van der Waals surface area contributed by atoms with Gasteiger partial charge in [-0.2, -0.15) is 0 Å². The van der Waals surface area contributed by atoms with Crippen molar-refractivity contribution in [1.82, 2.24) is 15.0 Å². The van der Waals surface area contributed by atoms with Gasteiger partial charge in [-0.15, -0.1) is 0 Å². The number of nitrogens with zero attached hydrogens (tertiary/aromatic N) is 1. The van der Waals surface area contributed by atoms with Crippen LogP contribution in [0.25, 0.3) is 22.4 Å². The molecule has 20 heavy (non-hydrogen) atoms. The number of hydrogen-bond acceptors (Lipinski definition) is 4. The minimum absolute atomic E-state index is 0.143. The molecule has 1 aromatic carbocycles. The van der Waals surface area contributed by atoms with Crippen molar-refractivity contribution >= 4 is 20.9 Å². The number of fused-ring (bicyclic) bond motifs is 1. The van der Waals surface area contributed by atoms with Crippen LogP contribution in [-0.4, -0.2) is 29.6 Å². The summed E-state index contributed by atoms with van der Waals surface area (Å²) in [5, 5.41) is 0. The van der Waals surface area contributed by atoms with Crippen LogP contribution >= 0.6 is 0 Å². The summed E-state index contributed by atoms with van der Waals surface area (Å²) in [5.41, 5.74) is 1.09. The number of para-hydroxylation sites is 1. The van der Waals surface area contributed by atoms with E-state index in [1.807, 2.05) is 0 Å². The number of nitrogens with one attached hydrogen (secondary N) is 2. The van der Waals surface area contributed by atoms with Crippen molar-refractivity contribution in [2.24, 2.45) is 0 Å². The number of H-pyrrole nitrogens is 2. The average Bonchev–Trinajstić information content (AvgIpc) is 2.81. The van der Waals surface area contributed by atoms with Gasteiger partial charge in [0, 0.05) is 24.7 Å². The second-order valence-electron chi connectivity index (χ2n) is 4.43. The summed E-state index contributed by atoms with van der Waals surface area (Å²) in [7, 11) is -3.38. The first-order valence-corrected chi connectivity index (χ1v) is 7.72. The fraction of sp³-hybridized carbons (Fsp3) is 0.0769. The summed E-state index contributed by atoms with van der Waals surface area (Å²) in [6.07, 6.45) is 4.18. The molecule has 102 valence electrons. The summed E-state index contributed by atoms with van der Waals surface area (Å²) >= 11 is 0. The Hall–Kier alpha value is -2.41. The molecule has 0 spiro atoms. The maximum Gasteiger partial charge on any atom is 0.192 e. The lowest BCUT2D eigenvalue weighted by Crippen LogP contribution is -2.03. The summed E-state index contributed by atoms with van der Waals surface area (Å²) in [4.78, 5) is 22.0. The molecule has 3 aromatic rings. The molecule has 0 aliphatic heterocycles. The number of aromatic nitrogens is 3. The maximum atomic E-state index is 11.8. The molecule has 0 unspecified atom stereocenters. The van der Waals surface area contributed by atoms with Gasteiger partial charge in [0.25, 0.3) is 0 Å². The van der Waals surface area contributed by atoms with Crippen molar-refractivity contribution in [2.45, 2.75) is 4.90 Å². The van der Waals surface area contributed by atoms with E-state index < -0.39 is 9.84 Å². The van der Waals surface area contributed by atoms with Crippen molar-refractivity contribution < 1.29 is 8.42 Å². The Kier molecular flexibility index (Phi) is 2.72. The molecule has 0 aliphatic carbocycles. The first kappa shape index (κ1) is 12.6. The largest absolute Gasteiger partial charge is 0.367 e. The Balaban J connectivity index is 2.33. The summed E-state index contributed by atoms with van der Waals surface area (Å²) in [5.74, 6) is 0.345. The van der Waals surface area contributed by atoms with Crippen LogP contribution in [0, 0.1) is 0 Å². The van der Waals surface area contributed by atoms with Crippen LogP contribution in [0.3, 0.4) is 0 Å². The van der Waals surface area contributed by atoms with Crippen molar-refractivity contribution in [3.05, 3.63) is 46.9 Å². The fourth-order valence-corrected chi connectivity index (χ4v) is 2.87. The van der Waals surface area contributed by atoms with E-state index in [-0.39, 0.29) is 10.3 Å². The lowest BCUT2D eigenvalue weighted by atomic mass is 10.2. The predicted molar refractivity (Wildman–Crippen MR) is 75.3 cm³/mol. The molecule has 3 rings (SSSR count). The van der Waals surface area contributed by atoms with E-state index in [0.717, 1.165) is 6.26 Å². The van der Waals surface area contributed by atoms with Gasteiger partial charge in [-0.3, -0.25) is 4.79 Å². The standard InChI is InChI=1S/C13H11N3O3S/c1-20(18,19)11-4-2-3-9-12(11)16-13(15-9)8-7-14-6-5-10(8)17/h2-7H,1H3,(H,14,17)(H,15,16). The lowest BCUT2D eigenvalue weighted by molar-refractivity contribution is 0.602. The van der Waals surface area contributed by atoms with Crippen LogP contribution in [0.15, 0.2) is 46.3 Å². The van der Waals surface area contributed by atoms with Crippen molar-refractivity contribution in [1.29, 1.82) is 0 Å². The molecule has 0 aliphatic rings. The molecule has 0 saturated carbocycles. The molecule has 0 atom stereocenters. The Morgan fingerprint density at radius 1 is 1.20 bits per heavy atom. The van der Waals surface area contributed by atoms with Crippen LogP contribution < -0.4 is 5.43 Å². The molecule has 7 heteroatoms. The third-order valence-corrected chi connectivity index (χ3v) is 4.08. The summed E-state index contributed by atoms with van der Waals surface area (Å²) < 4.78 is 23.5. The SMILES string of the molecule is CS(=O)(=O)c1cccc2[nH]c(-c3c[nH]ccc3=O)nc12. The molecule has 0 bridgehead atoms. The Labute approximate surface area is 114 Å². The van der Waals surface area contributed by atoms with Gasteiger partial charge in [0.2, 0.25) is 0 Å². The topological polar surface area (TPSA) is 95.7 Å². The van der Waals surface area contributed by atoms with Crippen LogP contribution in [0.4, 0.5) is 0 Å². The van der Waals surface area contributed by atoms with Gasteiger partial charge in [0.05, 0.1) is 16.0 Å². The van der Waals surface area contributed by atoms with Crippen LogP contribution in [0.1, 0.15) is 0 Å². The zero-order valence-corrected chi connectivity index (χ0v) is 11.4. The third-order valence-electron chi connectivity index (χ3n) is 2.95. The van der Waals surface area contributed by atoms with Gasteiger partial charge in [-0.25, -0.2) is 13.4 Å². The first-order valence-electron chi connectivity index (χ1n) is 5.83. The van der Waals surface area contributed by atoms with E-state index in [1.54, 1.807) is 12.1 Å². The summed E-state index contributed by atoms with van der Waals surface area (Å²) in [6.45, 7) is 0. The Morgan fingerprint density at radius 2 is 2.00 bits per heavy atom. The molecule has 0 fully saturated rings. The van der Waals surface area contributed by atoms with Gasteiger partial charge in [-0.1, -0.05) is 6.07 Å². The molecule has 2 heterocycles. The number of aromatic amines is 2. The van der Waals surface area contributed by atoms with E-state index in [4.69, 9.17) is 0 Å². The van der Waals surface area contributed by atoms with Crippen LogP contribution in [0.2, 0.25) is 0 Å². The van der Waals surface area contributed by atoms with Crippen molar-refractivity contribution in [3.8, 4) is 11.4 Å². The number of sulfone groups is 1. The van der Waals surface area contributed by atoms with E-state index >= 15 is 0 Å². The second-order valence-corrected chi connectivity index (χ2v) is 6.42. The van der Waals surface area contributed by atoms with E-state index in [2.05, 4.69) is 15.0 Å². The minimum Gasteiger partial charge on any atom is -0.367 e. The normalized spacial score (nSPS) is 11.8. The van der Waals surface area contributed by atoms with Gasteiger partial charge in [0.15, 0.2) is 15.3 Å². The fourth-order valence-electron chi connectivity index (χ4n) is 2.03. The molecule has 0 radical (unpaired) electrons. The molecule has 0 amide bonds. The highest BCUT2D eigenvalue weighted by molar-refractivity contribution is 7.91. The zero-order chi connectivity index (χ0) is 14.3. The number of imidazole rings is 1. The monoisotopic (exact) mass is 289 g/mol. The Morgan fingerprint density at radius 3 is 2.70 bits per heavy atom. The number of hydrogen-bond donors (Lipinski definition) is 2. The van der Waals surface area contributed by atoms with Crippen LogP contribution in [-0.2, 0) is 9.84 Å². The van der Waals surface area contributed by atoms with Gasteiger partial charge >= 0.3 is 0 Å². The van der Waals surface area contributed by atoms with Gasteiger partial charge < -0.3 is 9.97 Å². The van der Waals surface area contributed by atoms with Crippen molar-refractivity contribution in [2.75, 3.05) is 6.26 Å². The second kappa shape index (κ2) is 4.31. The number of pyridine rings is 1.